The van der Waals surface area contributed by atoms with Gasteiger partial charge in [-0.2, -0.15) is 0 Å². The molecule has 0 aliphatic heterocycles. The minimum absolute atomic E-state index is 0.117. The number of rotatable bonds is 6. The van der Waals surface area contributed by atoms with Crippen molar-refractivity contribution in [2.75, 3.05) is 13.2 Å². The smallest absolute Gasteiger partial charge is 0.407 e. The van der Waals surface area contributed by atoms with E-state index in [0.29, 0.717) is 0 Å². The lowest BCUT2D eigenvalue weighted by molar-refractivity contribution is -0.142. The van der Waals surface area contributed by atoms with Gasteiger partial charge in [-0.3, -0.25) is 0 Å². The molecule has 0 aromatic heterocycles. The Morgan fingerprint density at radius 2 is 1.83 bits per heavy atom. The van der Waals surface area contributed by atoms with Crippen LogP contribution in [-0.2, 0) is 14.3 Å². The minimum atomic E-state index is -1.03. The van der Waals surface area contributed by atoms with Gasteiger partial charge in [-0.15, -0.1) is 0 Å². The fourth-order valence-electron chi connectivity index (χ4n) is 1.13. The van der Waals surface area contributed by atoms with E-state index < -0.39 is 17.7 Å². The molecule has 0 aliphatic rings. The summed E-state index contributed by atoms with van der Waals surface area (Å²) in [6.07, 6.45) is -0.528. The number of carbonyl (C=O) groups excluding carboxylic acids is 1. The molecule has 0 bridgehead atoms. The number of carboxylic acids is 1. The van der Waals surface area contributed by atoms with Gasteiger partial charge in [0.25, 0.3) is 0 Å². The first-order valence-corrected chi connectivity index (χ1v) is 5.91. The molecule has 0 aliphatic carbocycles. The predicted molar refractivity (Wildman–Crippen MR) is 66.5 cm³/mol. The fraction of sp³-hybridized carbons (Fsp3) is 0.833. The lowest BCUT2D eigenvalue weighted by atomic mass is 10.1. The summed E-state index contributed by atoms with van der Waals surface area (Å²) in [7, 11) is 0. The summed E-state index contributed by atoms with van der Waals surface area (Å²) >= 11 is 0. The minimum Gasteiger partial charge on any atom is -0.480 e. The van der Waals surface area contributed by atoms with E-state index in [2.05, 4.69) is 5.32 Å². The van der Waals surface area contributed by atoms with Crippen LogP contribution in [0.3, 0.4) is 0 Å². The van der Waals surface area contributed by atoms with Crippen molar-refractivity contribution in [2.45, 2.75) is 46.3 Å². The van der Waals surface area contributed by atoms with Crippen molar-refractivity contribution in [2.24, 2.45) is 5.92 Å². The molecule has 0 aromatic rings. The molecule has 1 atom stereocenters. The molecule has 2 N–H and O–H groups in total. The van der Waals surface area contributed by atoms with Gasteiger partial charge >= 0.3 is 12.1 Å². The zero-order chi connectivity index (χ0) is 14.3. The van der Waals surface area contributed by atoms with Crippen LogP contribution in [-0.4, -0.2) is 42.0 Å². The van der Waals surface area contributed by atoms with Gasteiger partial charge in [0.2, 0.25) is 0 Å². The molecular weight excluding hydrogens is 238 g/mol. The number of carbonyl (C=O) groups is 2. The van der Waals surface area contributed by atoms with Crippen LogP contribution in [0.15, 0.2) is 0 Å². The Morgan fingerprint density at radius 3 is 2.22 bits per heavy atom. The third-order valence-corrected chi connectivity index (χ3v) is 2.03. The maximum Gasteiger partial charge on any atom is 0.407 e. The Hall–Kier alpha value is -1.30. The maximum atomic E-state index is 11.6. The third kappa shape index (κ3) is 8.81. The van der Waals surface area contributed by atoms with Gasteiger partial charge < -0.3 is 19.9 Å². The number of nitrogens with one attached hydrogen (secondary N) is 1. The van der Waals surface area contributed by atoms with E-state index >= 15 is 0 Å². The lowest BCUT2D eigenvalue weighted by Gasteiger charge is -2.25. The highest BCUT2D eigenvalue weighted by molar-refractivity contribution is 5.68. The number of amides is 1. The molecule has 18 heavy (non-hydrogen) atoms. The van der Waals surface area contributed by atoms with E-state index in [9.17, 15) is 9.59 Å². The summed E-state index contributed by atoms with van der Waals surface area (Å²) in [6, 6.07) is -0.279. The molecule has 106 valence electrons. The van der Waals surface area contributed by atoms with Crippen molar-refractivity contribution < 1.29 is 24.2 Å². The number of hydrogen-bond acceptors (Lipinski definition) is 4. The van der Waals surface area contributed by atoms with Crippen molar-refractivity contribution in [3.8, 4) is 0 Å². The molecule has 0 saturated carbocycles. The second-order valence-corrected chi connectivity index (χ2v) is 5.41. The van der Waals surface area contributed by atoms with E-state index in [1.165, 1.54) is 0 Å². The van der Waals surface area contributed by atoms with Crippen LogP contribution < -0.4 is 5.32 Å². The largest absolute Gasteiger partial charge is 0.480 e. The van der Waals surface area contributed by atoms with E-state index in [-0.39, 0.29) is 25.2 Å². The number of hydrogen-bond donors (Lipinski definition) is 2. The van der Waals surface area contributed by atoms with Crippen LogP contribution in [0, 0.1) is 5.92 Å². The average Bonchev–Trinajstić information content (AvgIpc) is 2.12. The Kier molecular flexibility index (Phi) is 6.68. The van der Waals surface area contributed by atoms with E-state index in [1.54, 1.807) is 20.8 Å². The van der Waals surface area contributed by atoms with Crippen molar-refractivity contribution >= 4 is 12.1 Å². The zero-order valence-electron chi connectivity index (χ0n) is 11.6. The van der Waals surface area contributed by atoms with Crippen LogP contribution in [0.5, 0.6) is 0 Å². The summed E-state index contributed by atoms with van der Waals surface area (Å²) in [4.78, 5) is 21.9. The summed E-state index contributed by atoms with van der Waals surface area (Å²) < 4.78 is 10.1. The maximum absolute atomic E-state index is 11.6. The van der Waals surface area contributed by atoms with Crippen molar-refractivity contribution in [1.82, 2.24) is 5.32 Å². The SMILES string of the molecule is CC(C)[C@@H](COCC(=O)O)NC(=O)OC(C)(C)C. The standard InChI is InChI=1S/C12H23NO5/c1-8(2)9(6-17-7-10(14)15)13-11(16)18-12(3,4)5/h8-9H,6-7H2,1-5H3,(H,13,16)(H,14,15)/t9-/m1/s1. The van der Waals surface area contributed by atoms with Gasteiger partial charge in [-0.05, 0) is 26.7 Å². The summed E-state index contributed by atoms with van der Waals surface area (Å²) in [5.41, 5.74) is -0.562. The van der Waals surface area contributed by atoms with Gasteiger partial charge in [-0.25, -0.2) is 9.59 Å². The molecule has 0 fully saturated rings. The van der Waals surface area contributed by atoms with Crippen LogP contribution in [0.4, 0.5) is 4.79 Å². The van der Waals surface area contributed by atoms with Crippen LogP contribution in [0.25, 0.3) is 0 Å². The van der Waals surface area contributed by atoms with Gasteiger partial charge in [0.15, 0.2) is 0 Å². The average molecular weight is 261 g/mol. The van der Waals surface area contributed by atoms with Crippen LogP contribution >= 0.6 is 0 Å². The molecular formula is C12H23NO5. The van der Waals surface area contributed by atoms with Gasteiger partial charge in [0.1, 0.15) is 12.2 Å². The van der Waals surface area contributed by atoms with Gasteiger partial charge in [0.05, 0.1) is 12.6 Å². The van der Waals surface area contributed by atoms with Crippen LogP contribution in [0.1, 0.15) is 34.6 Å². The molecule has 6 heteroatoms. The fourth-order valence-corrected chi connectivity index (χ4v) is 1.13. The molecule has 0 heterocycles. The highest BCUT2D eigenvalue weighted by Crippen LogP contribution is 2.08. The Balaban J connectivity index is 4.19. The summed E-state index contributed by atoms with van der Waals surface area (Å²) in [5, 5.41) is 11.1. The van der Waals surface area contributed by atoms with Crippen LogP contribution in [0.2, 0.25) is 0 Å². The number of alkyl carbamates (subject to hydrolysis) is 1. The molecule has 1 amide bonds. The highest BCUT2D eigenvalue weighted by Gasteiger charge is 2.21. The Bertz CT molecular complexity index is 283. The topological polar surface area (TPSA) is 84.9 Å². The summed E-state index contributed by atoms with van der Waals surface area (Å²) in [5.74, 6) is -0.916. The van der Waals surface area contributed by atoms with Crippen molar-refractivity contribution in [1.29, 1.82) is 0 Å². The molecule has 0 spiro atoms. The lowest BCUT2D eigenvalue weighted by Crippen LogP contribution is -2.44. The first-order chi connectivity index (χ1) is 8.11. The second kappa shape index (κ2) is 7.20. The van der Waals surface area contributed by atoms with Crippen molar-refractivity contribution in [3.05, 3.63) is 0 Å². The Morgan fingerprint density at radius 1 is 1.28 bits per heavy atom. The quantitative estimate of drug-likeness (QED) is 0.759. The molecule has 0 unspecified atom stereocenters. The van der Waals surface area contributed by atoms with E-state index in [4.69, 9.17) is 14.6 Å². The molecule has 0 rings (SSSR count). The van der Waals surface area contributed by atoms with Crippen molar-refractivity contribution in [3.63, 3.8) is 0 Å². The predicted octanol–water partition coefficient (Wildman–Crippen LogP) is 1.64. The molecule has 0 radical (unpaired) electrons. The normalized spacial score (nSPS) is 13.2. The summed E-state index contributed by atoms with van der Waals surface area (Å²) in [6.45, 7) is 8.91. The first-order valence-electron chi connectivity index (χ1n) is 5.91. The molecule has 6 nitrogen and oxygen atoms in total. The number of aliphatic carboxylic acids is 1. The van der Waals surface area contributed by atoms with E-state index in [1.807, 2.05) is 13.8 Å². The highest BCUT2D eigenvalue weighted by atomic mass is 16.6. The first kappa shape index (κ1) is 16.7. The Labute approximate surface area is 108 Å². The number of ether oxygens (including phenoxy) is 2. The zero-order valence-corrected chi connectivity index (χ0v) is 11.6. The number of carboxylic acid groups (broad SMARTS) is 1. The second-order valence-electron chi connectivity index (χ2n) is 5.41. The molecule has 0 saturated heterocycles. The third-order valence-electron chi connectivity index (χ3n) is 2.03. The van der Waals surface area contributed by atoms with Gasteiger partial charge in [0, 0.05) is 0 Å². The van der Waals surface area contributed by atoms with Gasteiger partial charge in [-0.1, -0.05) is 13.8 Å². The van der Waals surface area contributed by atoms with E-state index in [0.717, 1.165) is 0 Å². The molecule has 0 aromatic carbocycles. The monoisotopic (exact) mass is 261 g/mol.